The highest BCUT2D eigenvalue weighted by Gasteiger charge is 2.42. The van der Waals surface area contributed by atoms with Crippen LogP contribution in [0.4, 0.5) is 0 Å². The van der Waals surface area contributed by atoms with E-state index in [9.17, 15) is 0 Å². The minimum Gasteiger partial charge on any atom is -0.301 e. The first-order chi connectivity index (χ1) is 9.88. The first kappa shape index (κ1) is 13.3. The van der Waals surface area contributed by atoms with Gasteiger partial charge in [0, 0.05) is 38.8 Å². The number of piperazine rings is 1. The fourth-order valence-electron chi connectivity index (χ4n) is 5.32. The maximum Gasteiger partial charge on any atom is 0.0127 e. The Morgan fingerprint density at radius 3 is 2.45 bits per heavy atom. The van der Waals surface area contributed by atoms with Crippen molar-refractivity contribution in [1.82, 2.24) is 9.80 Å². The van der Waals surface area contributed by atoms with Gasteiger partial charge in [-0.05, 0) is 56.3 Å². The van der Waals surface area contributed by atoms with Crippen LogP contribution >= 0.6 is 0 Å². The van der Waals surface area contributed by atoms with Gasteiger partial charge in [0.25, 0.3) is 0 Å². The number of fused-ring (bicyclic) bond motifs is 2. The lowest BCUT2D eigenvalue weighted by molar-refractivity contribution is 0.0631. The third-order valence-corrected chi connectivity index (χ3v) is 6.47. The van der Waals surface area contributed by atoms with E-state index in [-0.39, 0.29) is 0 Å². The van der Waals surface area contributed by atoms with Crippen molar-refractivity contribution < 1.29 is 0 Å². The molecule has 1 aliphatic heterocycles. The van der Waals surface area contributed by atoms with Gasteiger partial charge in [-0.3, -0.25) is 4.90 Å². The molecule has 0 radical (unpaired) electrons. The van der Waals surface area contributed by atoms with Crippen molar-refractivity contribution in [3.8, 4) is 0 Å². The standard InChI is InChI=1S/C18H30N2/c1-2-4-15(5-3-1)14-19-8-10-20(11-9-19)18-13-16-6-7-17(18)12-16/h1-2,15-18H,3-14H2/t15-,16-,17-,18-/m0/s1. The number of rotatable bonds is 3. The SMILES string of the molecule is C1=CC[C@H](CN2CCN([C@H]3C[C@H]4CC[C@H]3C4)CC2)CC1. The van der Waals surface area contributed by atoms with Crippen LogP contribution < -0.4 is 0 Å². The lowest BCUT2D eigenvalue weighted by atomic mass is 9.92. The zero-order valence-corrected chi connectivity index (χ0v) is 12.8. The van der Waals surface area contributed by atoms with Crippen LogP contribution in [0.15, 0.2) is 12.2 Å². The Bertz CT molecular complexity index is 356. The van der Waals surface area contributed by atoms with E-state index in [0.29, 0.717) is 0 Å². The minimum atomic E-state index is 0.939. The number of allylic oxidation sites excluding steroid dienone is 2. The molecule has 4 atom stereocenters. The van der Waals surface area contributed by atoms with E-state index in [1.807, 2.05) is 0 Å². The molecule has 0 unspecified atom stereocenters. The van der Waals surface area contributed by atoms with Crippen LogP contribution in [0.1, 0.15) is 44.9 Å². The van der Waals surface area contributed by atoms with E-state index in [4.69, 9.17) is 0 Å². The van der Waals surface area contributed by atoms with Crippen LogP contribution in [0.2, 0.25) is 0 Å². The first-order valence-electron chi connectivity index (χ1n) is 9.00. The molecule has 0 amide bonds. The molecule has 0 aromatic rings. The molecule has 3 fully saturated rings. The van der Waals surface area contributed by atoms with Gasteiger partial charge < -0.3 is 4.90 Å². The van der Waals surface area contributed by atoms with Crippen molar-refractivity contribution in [2.75, 3.05) is 32.7 Å². The summed E-state index contributed by atoms with van der Waals surface area (Å²) in [5.74, 6) is 3.10. The van der Waals surface area contributed by atoms with E-state index in [1.54, 1.807) is 6.42 Å². The van der Waals surface area contributed by atoms with Gasteiger partial charge in [0.2, 0.25) is 0 Å². The predicted octanol–water partition coefficient (Wildman–Crippen LogP) is 3.15. The Hall–Kier alpha value is -0.340. The summed E-state index contributed by atoms with van der Waals surface area (Å²) in [6, 6.07) is 0.966. The molecule has 2 saturated carbocycles. The Balaban J connectivity index is 1.25. The molecule has 0 aromatic carbocycles. The van der Waals surface area contributed by atoms with Crippen molar-refractivity contribution in [2.24, 2.45) is 17.8 Å². The monoisotopic (exact) mass is 274 g/mol. The van der Waals surface area contributed by atoms with Gasteiger partial charge in [-0.15, -0.1) is 0 Å². The summed E-state index contributed by atoms with van der Waals surface area (Å²) in [6.07, 6.45) is 15.0. The van der Waals surface area contributed by atoms with Crippen LogP contribution in [0.25, 0.3) is 0 Å². The van der Waals surface area contributed by atoms with Crippen LogP contribution in [0.5, 0.6) is 0 Å². The van der Waals surface area contributed by atoms with Gasteiger partial charge >= 0.3 is 0 Å². The topological polar surface area (TPSA) is 6.48 Å². The lowest BCUT2D eigenvalue weighted by Crippen LogP contribution is -2.52. The highest BCUT2D eigenvalue weighted by Crippen LogP contribution is 2.46. The molecule has 4 aliphatic rings. The Morgan fingerprint density at radius 2 is 1.80 bits per heavy atom. The molecular weight excluding hydrogens is 244 g/mol. The van der Waals surface area contributed by atoms with Gasteiger partial charge in [-0.2, -0.15) is 0 Å². The first-order valence-corrected chi connectivity index (χ1v) is 9.00. The normalized spacial score (nSPS) is 42.4. The Labute approximate surface area is 124 Å². The van der Waals surface area contributed by atoms with Crippen molar-refractivity contribution in [2.45, 2.75) is 51.0 Å². The third kappa shape index (κ3) is 2.69. The average Bonchev–Trinajstić information content (AvgIpc) is 3.12. The van der Waals surface area contributed by atoms with E-state index >= 15 is 0 Å². The molecule has 1 heterocycles. The van der Waals surface area contributed by atoms with E-state index < -0.39 is 0 Å². The summed E-state index contributed by atoms with van der Waals surface area (Å²) < 4.78 is 0. The summed E-state index contributed by atoms with van der Waals surface area (Å²) in [4.78, 5) is 5.59. The lowest BCUT2D eigenvalue weighted by Gasteiger charge is -2.42. The smallest absolute Gasteiger partial charge is 0.0127 e. The number of nitrogens with zero attached hydrogens (tertiary/aromatic N) is 2. The van der Waals surface area contributed by atoms with E-state index in [0.717, 1.165) is 23.8 Å². The maximum atomic E-state index is 2.85. The summed E-state index contributed by atoms with van der Waals surface area (Å²) in [5.41, 5.74) is 0. The maximum absolute atomic E-state index is 2.85. The second kappa shape index (κ2) is 5.81. The highest BCUT2D eigenvalue weighted by molar-refractivity contribution is 4.97. The fraction of sp³-hybridized carbons (Fsp3) is 0.889. The summed E-state index contributed by atoms with van der Waals surface area (Å²) in [5, 5.41) is 0. The third-order valence-electron chi connectivity index (χ3n) is 6.47. The van der Waals surface area contributed by atoms with Crippen LogP contribution in [-0.2, 0) is 0 Å². The van der Waals surface area contributed by atoms with Gasteiger partial charge in [0.15, 0.2) is 0 Å². The zero-order valence-electron chi connectivity index (χ0n) is 12.8. The fourth-order valence-corrected chi connectivity index (χ4v) is 5.32. The second-order valence-electron chi connectivity index (χ2n) is 7.73. The summed E-state index contributed by atoms with van der Waals surface area (Å²) in [6.45, 7) is 6.70. The Morgan fingerprint density at radius 1 is 0.900 bits per heavy atom. The molecule has 2 nitrogen and oxygen atoms in total. The largest absolute Gasteiger partial charge is 0.301 e. The van der Waals surface area contributed by atoms with Gasteiger partial charge in [0.05, 0.1) is 0 Å². The van der Waals surface area contributed by atoms with Gasteiger partial charge in [-0.25, -0.2) is 0 Å². The molecule has 2 heteroatoms. The van der Waals surface area contributed by atoms with Crippen molar-refractivity contribution in [3.05, 3.63) is 12.2 Å². The Kier molecular flexibility index (Phi) is 3.87. The number of hydrogen-bond donors (Lipinski definition) is 0. The molecule has 20 heavy (non-hydrogen) atoms. The highest BCUT2D eigenvalue weighted by atomic mass is 15.3. The molecule has 0 spiro atoms. The van der Waals surface area contributed by atoms with Crippen LogP contribution in [0.3, 0.4) is 0 Å². The van der Waals surface area contributed by atoms with Gasteiger partial charge in [0.1, 0.15) is 0 Å². The molecule has 1 saturated heterocycles. The number of hydrogen-bond acceptors (Lipinski definition) is 2. The molecule has 0 aromatic heterocycles. The molecule has 4 rings (SSSR count). The minimum absolute atomic E-state index is 0.939. The van der Waals surface area contributed by atoms with E-state index in [1.165, 1.54) is 71.2 Å². The summed E-state index contributed by atoms with van der Waals surface area (Å²) in [7, 11) is 0. The van der Waals surface area contributed by atoms with E-state index in [2.05, 4.69) is 22.0 Å². The predicted molar refractivity (Wildman–Crippen MR) is 83.7 cm³/mol. The molecular formula is C18H30N2. The van der Waals surface area contributed by atoms with Crippen molar-refractivity contribution in [1.29, 1.82) is 0 Å². The second-order valence-corrected chi connectivity index (χ2v) is 7.73. The quantitative estimate of drug-likeness (QED) is 0.730. The van der Waals surface area contributed by atoms with Crippen molar-refractivity contribution >= 4 is 0 Å². The zero-order chi connectivity index (χ0) is 13.4. The summed E-state index contributed by atoms with van der Waals surface area (Å²) >= 11 is 0. The molecule has 3 aliphatic carbocycles. The average molecular weight is 274 g/mol. The van der Waals surface area contributed by atoms with Gasteiger partial charge in [-0.1, -0.05) is 18.6 Å². The molecule has 2 bridgehead atoms. The van der Waals surface area contributed by atoms with Crippen LogP contribution in [0, 0.1) is 17.8 Å². The molecule has 112 valence electrons. The van der Waals surface area contributed by atoms with Crippen LogP contribution in [-0.4, -0.2) is 48.6 Å². The molecule has 0 N–H and O–H groups in total. The van der Waals surface area contributed by atoms with Crippen molar-refractivity contribution in [3.63, 3.8) is 0 Å².